The molecular weight excluding hydrogens is 395 g/mol. The second-order valence-corrected chi connectivity index (χ2v) is 6.98. The first-order chi connectivity index (χ1) is 13.5. The molecule has 0 spiro atoms. The third kappa shape index (κ3) is 5.53. The Balaban J connectivity index is 1.63. The summed E-state index contributed by atoms with van der Waals surface area (Å²) < 4.78 is 51.0. The number of halogens is 3. The first-order valence-corrected chi connectivity index (χ1v) is 9.53. The molecule has 1 fully saturated rings. The van der Waals surface area contributed by atoms with Crippen molar-refractivity contribution in [3.63, 3.8) is 0 Å². The molecule has 7 nitrogen and oxygen atoms in total. The van der Waals surface area contributed by atoms with E-state index in [2.05, 4.69) is 10.2 Å². The summed E-state index contributed by atoms with van der Waals surface area (Å²) in [7, 11) is 0. The second kappa shape index (κ2) is 9.16. The molecule has 0 amide bonds. The van der Waals surface area contributed by atoms with E-state index in [1.165, 1.54) is 0 Å². The molecule has 2 heterocycles. The van der Waals surface area contributed by atoms with Gasteiger partial charge in [0, 0.05) is 18.8 Å². The molecule has 1 aliphatic rings. The van der Waals surface area contributed by atoms with E-state index in [1.807, 2.05) is 6.07 Å². The van der Waals surface area contributed by atoms with Crippen LogP contribution in [0.3, 0.4) is 0 Å². The van der Waals surface area contributed by atoms with Crippen LogP contribution >= 0.6 is 11.8 Å². The molecule has 0 N–H and O–H groups in total. The number of morpholine rings is 1. The Hall–Kier alpha value is -2.45. The molecule has 0 bridgehead atoms. The largest absolute Gasteiger partial charge is 0.493 e. The van der Waals surface area contributed by atoms with E-state index < -0.39 is 12.7 Å². The van der Waals surface area contributed by atoms with Gasteiger partial charge in [-0.05, 0) is 18.2 Å². The van der Waals surface area contributed by atoms with Crippen molar-refractivity contribution in [1.29, 1.82) is 5.26 Å². The molecule has 28 heavy (non-hydrogen) atoms. The fraction of sp³-hybridized carbons (Fsp3) is 0.471. The highest BCUT2D eigenvalue weighted by molar-refractivity contribution is 7.99. The molecule has 150 valence electrons. The van der Waals surface area contributed by atoms with Crippen LogP contribution in [0.5, 0.6) is 5.75 Å². The lowest BCUT2D eigenvalue weighted by molar-refractivity contribution is -0.141. The number of anilines is 1. The fourth-order valence-electron chi connectivity index (χ4n) is 2.65. The Morgan fingerprint density at radius 1 is 1.25 bits per heavy atom. The molecular formula is C17H18F3N5O2S. The van der Waals surface area contributed by atoms with Crippen molar-refractivity contribution in [1.82, 2.24) is 14.8 Å². The highest BCUT2D eigenvalue weighted by Gasteiger charge is 2.32. The molecule has 1 aromatic heterocycles. The number of rotatable bonds is 7. The summed E-state index contributed by atoms with van der Waals surface area (Å²) in [6.07, 6.45) is -4.38. The molecule has 0 saturated carbocycles. The standard InChI is InChI=1S/C17H18F3N5O2S/c18-17(19,20)12-25-15(24-4-6-26-7-5-24)22-23-16(25)28-9-8-27-14-3-1-2-13(10-14)11-21/h1-3,10H,4-9,12H2. The van der Waals surface area contributed by atoms with Crippen LogP contribution in [-0.2, 0) is 11.3 Å². The molecule has 0 aliphatic carbocycles. The number of nitrogens with zero attached hydrogens (tertiary/aromatic N) is 5. The second-order valence-electron chi connectivity index (χ2n) is 5.92. The summed E-state index contributed by atoms with van der Waals surface area (Å²) in [4.78, 5) is 1.75. The van der Waals surface area contributed by atoms with Crippen LogP contribution in [0.4, 0.5) is 19.1 Å². The van der Waals surface area contributed by atoms with Crippen LogP contribution < -0.4 is 9.64 Å². The normalized spacial score (nSPS) is 14.7. The predicted octanol–water partition coefficient (Wildman–Crippen LogP) is 2.72. The Morgan fingerprint density at radius 3 is 2.75 bits per heavy atom. The van der Waals surface area contributed by atoms with E-state index in [0.717, 1.165) is 16.3 Å². The van der Waals surface area contributed by atoms with Crippen LogP contribution in [0, 0.1) is 11.3 Å². The van der Waals surface area contributed by atoms with Crippen molar-refractivity contribution < 1.29 is 22.6 Å². The average Bonchev–Trinajstić information content (AvgIpc) is 3.07. The molecule has 0 atom stereocenters. The van der Waals surface area contributed by atoms with Crippen LogP contribution in [0.2, 0.25) is 0 Å². The van der Waals surface area contributed by atoms with Crippen molar-refractivity contribution >= 4 is 17.7 Å². The number of alkyl halides is 3. The van der Waals surface area contributed by atoms with Gasteiger partial charge in [0.1, 0.15) is 12.3 Å². The average molecular weight is 413 g/mol. The number of thioether (sulfide) groups is 1. The maximum atomic E-state index is 13.0. The van der Waals surface area contributed by atoms with Crippen molar-refractivity contribution in [3.8, 4) is 11.8 Å². The summed E-state index contributed by atoms with van der Waals surface area (Å²) in [5.74, 6) is 1.12. The zero-order chi connectivity index (χ0) is 20.0. The first kappa shape index (κ1) is 20.3. The Bertz CT molecular complexity index is 831. The zero-order valence-electron chi connectivity index (χ0n) is 14.9. The van der Waals surface area contributed by atoms with Crippen LogP contribution in [0.15, 0.2) is 29.4 Å². The zero-order valence-corrected chi connectivity index (χ0v) is 15.7. The molecule has 11 heteroatoms. The summed E-state index contributed by atoms with van der Waals surface area (Å²) in [6.45, 7) is 0.928. The number of aromatic nitrogens is 3. The van der Waals surface area contributed by atoms with Gasteiger partial charge < -0.3 is 14.4 Å². The smallest absolute Gasteiger partial charge is 0.406 e. The van der Waals surface area contributed by atoms with E-state index in [4.69, 9.17) is 14.7 Å². The highest BCUT2D eigenvalue weighted by Crippen LogP contribution is 2.28. The van der Waals surface area contributed by atoms with Gasteiger partial charge in [-0.1, -0.05) is 17.8 Å². The Morgan fingerprint density at radius 2 is 2.04 bits per heavy atom. The van der Waals surface area contributed by atoms with Crippen LogP contribution in [0.1, 0.15) is 5.56 Å². The Labute approximate surface area is 164 Å². The minimum absolute atomic E-state index is 0.188. The van der Waals surface area contributed by atoms with Crippen molar-refractivity contribution in [2.24, 2.45) is 0 Å². The molecule has 1 aliphatic heterocycles. The van der Waals surface area contributed by atoms with E-state index in [-0.39, 0.29) is 17.7 Å². The summed E-state index contributed by atoms with van der Waals surface area (Å²) >= 11 is 1.14. The topological polar surface area (TPSA) is 76.2 Å². The van der Waals surface area contributed by atoms with Gasteiger partial charge in [-0.2, -0.15) is 18.4 Å². The fourth-order valence-corrected chi connectivity index (χ4v) is 3.40. The molecule has 1 aromatic carbocycles. The minimum Gasteiger partial charge on any atom is -0.493 e. The van der Waals surface area contributed by atoms with E-state index in [1.54, 1.807) is 29.2 Å². The van der Waals surface area contributed by atoms with E-state index in [0.29, 0.717) is 43.4 Å². The number of ether oxygens (including phenoxy) is 2. The third-order valence-electron chi connectivity index (χ3n) is 3.87. The molecule has 2 aromatic rings. The van der Waals surface area contributed by atoms with Gasteiger partial charge in [-0.15, -0.1) is 10.2 Å². The van der Waals surface area contributed by atoms with Gasteiger partial charge >= 0.3 is 6.18 Å². The van der Waals surface area contributed by atoms with Gasteiger partial charge in [0.2, 0.25) is 5.95 Å². The lowest BCUT2D eigenvalue weighted by atomic mass is 10.2. The first-order valence-electron chi connectivity index (χ1n) is 8.55. The minimum atomic E-state index is -4.38. The number of hydrogen-bond donors (Lipinski definition) is 0. The van der Waals surface area contributed by atoms with Crippen LogP contribution in [0.25, 0.3) is 0 Å². The monoisotopic (exact) mass is 413 g/mol. The summed E-state index contributed by atoms with van der Waals surface area (Å²) in [5.41, 5.74) is 0.477. The lowest BCUT2D eigenvalue weighted by Crippen LogP contribution is -2.38. The number of benzene rings is 1. The quantitative estimate of drug-likeness (QED) is 0.510. The van der Waals surface area contributed by atoms with Crippen molar-refractivity contribution in [3.05, 3.63) is 29.8 Å². The van der Waals surface area contributed by atoms with Crippen molar-refractivity contribution in [2.75, 3.05) is 43.6 Å². The van der Waals surface area contributed by atoms with Gasteiger partial charge in [-0.25, -0.2) is 0 Å². The summed E-state index contributed by atoms with van der Waals surface area (Å²) in [6, 6.07) is 8.71. The number of nitriles is 1. The van der Waals surface area contributed by atoms with Crippen molar-refractivity contribution in [2.45, 2.75) is 17.9 Å². The van der Waals surface area contributed by atoms with Gasteiger partial charge in [-0.3, -0.25) is 4.57 Å². The van der Waals surface area contributed by atoms with E-state index >= 15 is 0 Å². The number of hydrogen-bond acceptors (Lipinski definition) is 7. The third-order valence-corrected chi connectivity index (χ3v) is 4.81. The Kier molecular flexibility index (Phi) is 6.64. The van der Waals surface area contributed by atoms with Crippen LogP contribution in [-0.4, -0.2) is 59.6 Å². The molecule has 3 rings (SSSR count). The van der Waals surface area contributed by atoms with Gasteiger partial charge in [0.15, 0.2) is 5.16 Å². The molecule has 1 saturated heterocycles. The molecule has 0 radical (unpaired) electrons. The lowest BCUT2D eigenvalue weighted by Gasteiger charge is -2.28. The predicted molar refractivity (Wildman–Crippen MR) is 96.5 cm³/mol. The molecule has 0 unspecified atom stereocenters. The maximum absolute atomic E-state index is 13.0. The highest BCUT2D eigenvalue weighted by atomic mass is 32.2. The maximum Gasteiger partial charge on any atom is 0.406 e. The summed E-state index contributed by atoms with van der Waals surface area (Å²) in [5, 5.41) is 17.0. The van der Waals surface area contributed by atoms with Gasteiger partial charge in [0.05, 0.1) is 31.5 Å². The SMILES string of the molecule is N#Cc1cccc(OCCSc2nnc(N3CCOCC3)n2CC(F)(F)F)c1. The van der Waals surface area contributed by atoms with E-state index in [9.17, 15) is 13.2 Å². The van der Waals surface area contributed by atoms with Gasteiger partial charge in [0.25, 0.3) is 0 Å².